The number of nitrogens with two attached hydrogens (primary N) is 1. The Balaban J connectivity index is 2.47. The van der Waals surface area contributed by atoms with Gasteiger partial charge in [-0.1, -0.05) is 0 Å². The quantitative estimate of drug-likeness (QED) is 0.679. The van der Waals surface area contributed by atoms with Gasteiger partial charge in [0.25, 0.3) is 5.69 Å². The number of nitrogen functional groups attached to an aromatic ring is 1. The van der Waals surface area contributed by atoms with Crippen LogP contribution in [0.1, 0.15) is 11.4 Å². The van der Waals surface area contributed by atoms with Crippen molar-refractivity contribution in [1.82, 2.24) is 9.97 Å². The SMILES string of the molecule is COc1ccc([N+](=O)[O-])cc1Oc1nc(C)nc(N)c1C. The van der Waals surface area contributed by atoms with Crippen LogP contribution in [0.5, 0.6) is 17.4 Å². The molecule has 1 aromatic carbocycles. The summed E-state index contributed by atoms with van der Waals surface area (Å²) in [6.07, 6.45) is 0. The lowest BCUT2D eigenvalue weighted by atomic mass is 10.2. The van der Waals surface area contributed by atoms with Crippen molar-refractivity contribution in [1.29, 1.82) is 0 Å². The van der Waals surface area contributed by atoms with E-state index in [9.17, 15) is 10.1 Å². The molecule has 1 heterocycles. The van der Waals surface area contributed by atoms with Crippen LogP contribution in [-0.2, 0) is 0 Å². The monoisotopic (exact) mass is 290 g/mol. The van der Waals surface area contributed by atoms with Crippen molar-refractivity contribution >= 4 is 11.5 Å². The van der Waals surface area contributed by atoms with Gasteiger partial charge in [0.2, 0.25) is 5.88 Å². The molecular weight excluding hydrogens is 276 g/mol. The molecule has 0 fully saturated rings. The Labute approximate surface area is 120 Å². The Kier molecular flexibility index (Phi) is 3.88. The molecule has 0 aliphatic carbocycles. The molecule has 0 spiro atoms. The van der Waals surface area contributed by atoms with Gasteiger partial charge in [-0.15, -0.1) is 0 Å². The van der Waals surface area contributed by atoms with Gasteiger partial charge in [0.1, 0.15) is 11.6 Å². The molecule has 8 heteroatoms. The third-order valence-corrected chi connectivity index (χ3v) is 2.82. The highest BCUT2D eigenvalue weighted by molar-refractivity contribution is 5.52. The molecule has 2 rings (SSSR count). The Hall–Kier alpha value is -2.90. The number of methoxy groups -OCH3 is 1. The molecule has 0 amide bonds. The first kappa shape index (κ1) is 14.5. The van der Waals surface area contributed by atoms with Crippen molar-refractivity contribution < 1.29 is 14.4 Å². The molecule has 0 aliphatic heterocycles. The number of nitro groups is 1. The zero-order valence-electron chi connectivity index (χ0n) is 11.8. The van der Waals surface area contributed by atoms with Gasteiger partial charge in [-0.2, -0.15) is 4.98 Å². The van der Waals surface area contributed by atoms with Crippen LogP contribution in [-0.4, -0.2) is 22.0 Å². The molecule has 1 aromatic heterocycles. The predicted octanol–water partition coefficient (Wildman–Crippen LogP) is 2.38. The first-order chi connectivity index (χ1) is 9.92. The fraction of sp³-hybridized carbons (Fsp3) is 0.231. The van der Waals surface area contributed by atoms with Crippen molar-refractivity contribution in [2.45, 2.75) is 13.8 Å². The zero-order chi connectivity index (χ0) is 15.6. The van der Waals surface area contributed by atoms with Gasteiger partial charge in [0.05, 0.1) is 23.7 Å². The fourth-order valence-corrected chi connectivity index (χ4v) is 1.69. The van der Waals surface area contributed by atoms with Crippen molar-refractivity contribution in [3.8, 4) is 17.4 Å². The summed E-state index contributed by atoms with van der Waals surface area (Å²) in [7, 11) is 1.44. The summed E-state index contributed by atoms with van der Waals surface area (Å²) in [6, 6.07) is 4.06. The summed E-state index contributed by atoms with van der Waals surface area (Å²) in [6.45, 7) is 3.38. The van der Waals surface area contributed by atoms with E-state index in [1.807, 2.05) is 0 Å². The van der Waals surface area contributed by atoms with Crippen LogP contribution in [0.25, 0.3) is 0 Å². The van der Waals surface area contributed by atoms with Crippen LogP contribution in [0.15, 0.2) is 18.2 Å². The summed E-state index contributed by atoms with van der Waals surface area (Å²) >= 11 is 0. The number of non-ortho nitro benzene ring substituents is 1. The second-order valence-electron chi connectivity index (χ2n) is 4.28. The smallest absolute Gasteiger partial charge is 0.273 e. The Morgan fingerprint density at radius 2 is 1.95 bits per heavy atom. The van der Waals surface area contributed by atoms with Gasteiger partial charge in [-0.3, -0.25) is 10.1 Å². The molecule has 0 aliphatic rings. The number of nitrogens with zero attached hydrogens (tertiary/aromatic N) is 3. The molecule has 0 radical (unpaired) electrons. The van der Waals surface area contributed by atoms with Gasteiger partial charge < -0.3 is 15.2 Å². The van der Waals surface area contributed by atoms with E-state index in [0.29, 0.717) is 23.0 Å². The maximum Gasteiger partial charge on any atom is 0.273 e. The minimum atomic E-state index is -0.515. The molecular formula is C13H14N4O4. The number of benzene rings is 1. The van der Waals surface area contributed by atoms with E-state index in [2.05, 4.69) is 9.97 Å². The molecule has 0 saturated heterocycles. The van der Waals surface area contributed by atoms with Crippen LogP contribution in [0, 0.1) is 24.0 Å². The van der Waals surface area contributed by atoms with E-state index in [-0.39, 0.29) is 17.3 Å². The van der Waals surface area contributed by atoms with Gasteiger partial charge in [0.15, 0.2) is 11.5 Å². The average molecular weight is 290 g/mol. The Morgan fingerprint density at radius 1 is 1.24 bits per heavy atom. The molecule has 0 atom stereocenters. The first-order valence-corrected chi connectivity index (χ1v) is 6.03. The highest BCUT2D eigenvalue weighted by Crippen LogP contribution is 2.35. The van der Waals surface area contributed by atoms with Crippen molar-refractivity contribution in [2.24, 2.45) is 0 Å². The van der Waals surface area contributed by atoms with Crippen LogP contribution in [0.4, 0.5) is 11.5 Å². The number of rotatable bonds is 4. The van der Waals surface area contributed by atoms with E-state index in [0.717, 1.165) is 0 Å². The number of anilines is 1. The minimum Gasteiger partial charge on any atom is -0.493 e. The van der Waals surface area contributed by atoms with E-state index >= 15 is 0 Å². The molecule has 2 aromatic rings. The molecule has 0 saturated carbocycles. The molecule has 8 nitrogen and oxygen atoms in total. The lowest BCUT2D eigenvalue weighted by Gasteiger charge is -2.12. The highest BCUT2D eigenvalue weighted by Gasteiger charge is 2.16. The zero-order valence-corrected chi connectivity index (χ0v) is 11.8. The van der Waals surface area contributed by atoms with Crippen LogP contribution < -0.4 is 15.2 Å². The van der Waals surface area contributed by atoms with E-state index in [1.54, 1.807) is 13.8 Å². The van der Waals surface area contributed by atoms with Crippen LogP contribution in [0.2, 0.25) is 0 Å². The van der Waals surface area contributed by atoms with E-state index < -0.39 is 4.92 Å². The summed E-state index contributed by atoms with van der Waals surface area (Å²) in [5, 5.41) is 10.8. The summed E-state index contributed by atoms with van der Waals surface area (Å²) in [5.41, 5.74) is 6.19. The Morgan fingerprint density at radius 3 is 2.57 bits per heavy atom. The van der Waals surface area contributed by atoms with Crippen molar-refractivity contribution in [2.75, 3.05) is 12.8 Å². The summed E-state index contributed by atoms with van der Waals surface area (Å²) < 4.78 is 10.8. The minimum absolute atomic E-state index is 0.109. The lowest BCUT2D eigenvalue weighted by Crippen LogP contribution is -2.03. The third kappa shape index (κ3) is 2.99. The summed E-state index contributed by atoms with van der Waals surface area (Å²) in [4.78, 5) is 18.5. The predicted molar refractivity (Wildman–Crippen MR) is 75.6 cm³/mol. The standard InChI is InChI=1S/C13H14N4O4/c1-7-12(14)15-8(2)16-13(7)21-11-6-9(17(18)19)4-5-10(11)20-3/h4-6H,1-3H3,(H2,14,15,16). The normalized spacial score (nSPS) is 10.2. The lowest BCUT2D eigenvalue weighted by molar-refractivity contribution is -0.384. The molecule has 21 heavy (non-hydrogen) atoms. The maximum absolute atomic E-state index is 10.8. The van der Waals surface area contributed by atoms with Gasteiger partial charge >= 0.3 is 0 Å². The van der Waals surface area contributed by atoms with E-state index in [4.69, 9.17) is 15.2 Å². The first-order valence-electron chi connectivity index (χ1n) is 6.03. The van der Waals surface area contributed by atoms with Crippen molar-refractivity contribution in [3.05, 3.63) is 39.7 Å². The van der Waals surface area contributed by atoms with Gasteiger partial charge in [0, 0.05) is 6.07 Å². The number of hydrogen-bond acceptors (Lipinski definition) is 7. The molecule has 0 bridgehead atoms. The molecule has 110 valence electrons. The summed E-state index contributed by atoms with van der Waals surface area (Å²) in [5.74, 6) is 1.51. The molecule has 2 N–H and O–H groups in total. The number of ether oxygens (including phenoxy) is 2. The average Bonchev–Trinajstić information content (AvgIpc) is 2.44. The highest BCUT2D eigenvalue weighted by atomic mass is 16.6. The Bertz CT molecular complexity index is 703. The number of nitro benzene ring substituents is 1. The second-order valence-corrected chi connectivity index (χ2v) is 4.28. The molecule has 0 unspecified atom stereocenters. The fourth-order valence-electron chi connectivity index (χ4n) is 1.69. The maximum atomic E-state index is 10.8. The topological polar surface area (TPSA) is 113 Å². The third-order valence-electron chi connectivity index (χ3n) is 2.82. The van der Waals surface area contributed by atoms with Crippen molar-refractivity contribution in [3.63, 3.8) is 0 Å². The number of aryl methyl sites for hydroxylation is 1. The largest absolute Gasteiger partial charge is 0.493 e. The number of hydrogen-bond donors (Lipinski definition) is 1. The van der Waals surface area contributed by atoms with E-state index in [1.165, 1.54) is 25.3 Å². The van der Waals surface area contributed by atoms with Crippen LogP contribution in [0.3, 0.4) is 0 Å². The van der Waals surface area contributed by atoms with Gasteiger partial charge in [-0.05, 0) is 19.9 Å². The van der Waals surface area contributed by atoms with Gasteiger partial charge in [-0.25, -0.2) is 4.98 Å². The second kappa shape index (κ2) is 5.61. The number of aromatic nitrogens is 2. The van der Waals surface area contributed by atoms with Crippen LogP contribution >= 0.6 is 0 Å².